The summed E-state index contributed by atoms with van der Waals surface area (Å²) in [7, 11) is 1.58. The summed E-state index contributed by atoms with van der Waals surface area (Å²) in [5, 5.41) is 12.7. The van der Waals surface area contributed by atoms with Gasteiger partial charge in [-0.05, 0) is 41.2 Å². The predicted octanol–water partition coefficient (Wildman–Crippen LogP) is 3.01. The Hall–Kier alpha value is -3.30. The molecule has 0 spiro atoms. The summed E-state index contributed by atoms with van der Waals surface area (Å²) in [4.78, 5) is 40.9. The van der Waals surface area contributed by atoms with Gasteiger partial charge in [0.15, 0.2) is 5.54 Å². The summed E-state index contributed by atoms with van der Waals surface area (Å²) in [5.74, 6) is -0.567. The zero-order valence-electron chi connectivity index (χ0n) is 20.8. The van der Waals surface area contributed by atoms with E-state index in [0.29, 0.717) is 23.7 Å². The minimum Gasteiger partial charge on any atom is -0.497 e. The third-order valence-corrected chi connectivity index (χ3v) is 8.75. The number of hydrogen-bond donors (Lipinski definition) is 2. The topological polar surface area (TPSA) is 105 Å². The molecule has 0 radical (unpaired) electrons. The smallest absolute Gasteiger partial charge is 0.352 e. The van der Waals surface area contributed by atoms with Gasteiger partial charge in [0, 0.05) is 18.8 Å². The highest BCUT2D eigenvalue weighted by atomic mass is 32.2. The van der Waals surface area contributed by atoms with E-state index in [4.69, 9.17) is 9.47 Å². The van der Waals surface area contributed by atoms with Crippen LogP contribution in [0, 0.1) is 5.92 Å². The van der Waals surface area contributed by atoms with E-state index >= 15 is 0 Å². The van der Waals surface area contributed by atoms with E-state index in [1.807, 2.05) is 61.5 Å². The van der Waals surface area contributed by atoms with Crippen molar-refractivity contribution < 1.29 is 29.0 Å². The third kappa shape index (κ3) is 4.62. The predicted molar refractivity (Wildman–Crippen MR) is 139 cm³/mol. The van der Waals surface area contributed by atoms with Gasteiger partial charge in [0.2, 0.25) is 5.91 Å². The molecule has 2 saturated heterocycles. The van der Waals surface area contributed by atoms with Crippen LogP contribution < -0.4 is 10.1 Å². The molecule has 194 valence electrons. The van der Waals surface area contributed by atoms with Gasteiger partial charge in [-0.1, -0.05) is 49.4 Å². The van der Waals surface area contributed by atoms with E-state index in [-0.39, 0.29) is 36.5 Å². The molecule has 0 aliphatic carbocycles. The van der Waals surface area contributed by atoms with Crippen LogP contribution in [0.15, 0.2) is 65.9 Å². The van der Waals surface area contributed by atoms with Crippen LogP contribution in [0.1, 0.15) is 24.5 Å². The molecule has 2 amide bonds. The normalized spacial score (nSPS) is 26.9. The number of nitrogens with zero attached hydrogens (tertiary/aromatic N) is 1. The number of nitrogens with one attached hydrogen (secondary N) is 1. The maximum Gasteiger partial charge on any atom is 0.352 e. The van der Waals surface area contributed by atoms with Crippen molar-refractivity contribution >= 4 is 29.5 Å². The van der Waals surface area contributed by atoms with E-state index in [1.165, 1.54) is 16.7 Å². The number of carboxylic acids is 1. The average Bonchev–Trinajstić information content (AvgIpc) is 3.33. The fraction of sp³-hybridized carbons (Fsp3) is 0.393. The zero-order valence-corrected chi connectivity index (χ0v) is 21.6. The SMILES string of the molecule is COc1ccc(CC2(NC(=O)Cc3ccccc3)C(=O)N3C(C(=O)O)=C(C4OCCC4C)CS[C@H]32)cc1. The number of ether oxygens (including phenoxy) is 2. The largest absolute Gasteiger partial charge is 0.497 e. The second-order valence-electron chi connectivity index (χ2n) is 9.78. The summed E-state index contributed by atoms with van der Waals surface area (Å²) < 4.78 is 11.1. The van der Waals surface area contributed by atoms with Crippen molar-refractivity contribution in [2.24, 2.45) is 5.92 Å². The molecule has 2 fully saturated rings. The first-order valence-electron chi connectivity index (χ1n) is 12.3. The second-order valence-corrected chi connectivity index (χ2v) is 10.9. The van der Waals surface area contributed by atoms with Gasteiger partial charge in [-0.25, -0.2) is 4.79 Å². The summed E-state index contributed by atoms with van der Waals surface area (Å²) in [6.07, 6.45) is 0.885. The molecule has 0 bridgehead atoms. The Bertz CT molecular complexity index is 1230. The Kier molecular flexibility index (Phi) is 7.00. The number of carboxylic acid groups (broad SMARTS) is 1. The molecule has 0 saturated carbocycles. The van der Waals surface area contributed by atoms with E-state index in [9.17, 15) is 19.5 Å². The van der Waals surface area contributed by atoms with Gasteiger partial charge in [-0.2, -0.15) is 0 Å². The van der Waals surface area contributed by atoms with Crippen molar-refractivity contribution in [2.75, 3.05) is 19.5 Å². The first-order chi connectivity index (χ1) is 17.8. The molecule has 3 aliphatic rings. The quantitative estimate of drug-likeness (QED) is 0.514. The molecular weight excluding hydrogens is 492 g/mol. The fourth-order valence-corrected chi connectivity index (χ4v) is 6.98. The Morgan fingerprint density at radius 1 is 1.16 bits per heavy atom. The standard InChI is InChI=1S/C28H30N2O6S/c1-17-12-13-36-24(17)21-16-37-27-28(26(34)30(27)23(21)25(32)33,15-19-8-10-20(35-2)11-9-19)29-22(31)14-18-6-4-3-5-7-18/h3-11,17,24,27H,12-16H2,1-2H3,(H,29,31)(H,32,33)/t17?,24?,27-,28?/m0/s1. The van der Waals surface area contributed by atoms with Crippen LogP contribution in [0.2, 0.25) is 0 Å². The maximum absolute atomic E-state index is 13.9. The van der Waals surface area contributed by atoms with Gasteiger partial charge in [0.05, 0.1) is 19.6 Å². The first kappa shape index (κ1) is 25.4. The number of fused-ring (bicyclic) bond motifs is 1. The lowest BCUT2D eigenvalue weighted by molar-refractivity contribution is -0.159. The van der Waals surface area contributed by atoms with E-state index in [0.717, 1.165) is 17.5 Å². The molecule has 2 aromatic rings. The van der Waals surface area contributed by atoms with Gasteiger partial charge >= 0.3 is 5.97 Å². The lowest BCUT2D eigenvalue weighted by Gasteiger charge is -2.57. The van der Waals surface area contributed by atoms with Crippen LogP contribution in [-0.2, 0) is 32.0 Å². The molecule has 3 aliphatic heterocycles. The number of carbonyl (C=O) groups excluding carboxylic acids is 2. The Morgan fingerprint density at radius 3 is 2.51 bits per heavy atom. The average molecular weight is 523 g/mol. The van der Waals surface area contributed by atoms with Crippen molar-refractivity contribution in [2.45, 2.75) is 43.2 Å². The zero-order chi connectivity index (χ0) is 26.2. The number of thioether (sulfide) groups is 1. The van der Waals surface area contributed by atoms with Crippen LogP contribution in [0.5, 0.6) is 5.75 Å². The monoisotopic (exact) mass is 522 g/mol. The van der Waals surface area contributed by atoms with E-state index in [1.54, 1.807) is 7.11 Å². The van der Waals surface area contributed by atoms with Gasteiger partial charge in [0.1, 0.15) is 16.8 Å². The van der Waals surface area contributed by atoms with Crippen molar-refractivity contribution in [1.82, 2.24) is 10.2 Å². The highest BCUT2D eigenvalue weighted by Crippen LogP contribution is 2.49. The highest BCUT2D eigenvalue weighted by Gasteiger charge is 2.65. The summed E-state index contributed by atoms with van der Waals surface area (Å²) in [6, 6.07) is 16.7. The van der Waals surface area contributed by atoms with Gasteiger partial charge in [-0.3, -0.25) is 14.5 Å². The lowest BCUT2D eigenvalue weighted by Crippen LogP contribution is -2.81. The van der Waals surface area contributed by atoms with Crippen LogP contribution >= 0.6 is 11.8 Å². The first-order valence-corrected chi connectivity index (χ1v) is 13.4. The van der Waals surface area contributed by atoms with E-state index < -0.39 is 22.8 Å². The Balaban J connectivity index is 1.48. The number of β-lactam (4-membered cyclic amide) rings is 1. The molecule has 4 atom stereocenters. The maximum atomic E-state index is 13.9. The number of benzene rings is 2. The number of aliphatic carboxylic acids is 1. The Morgan fingerprint density at radius 2 is 1.89 bits per heavy atom. The van der Waals surface area contributed by atoms with Crippen molar-refractivity contribution in [3.05, 3.63) is 77.0 Å². The van der Waals surface area contributed by atoms with Gasteiger partial charge in [0.25, 0.3) is 5.91 Å². The molecule has 2 aromatic carbocycles. The molecule has 5 rings (SSSR count). The van der Waals surface area contributed by atoms with Crippen LogP contribution in [-0.4, -0.2) is 64.3 Å². The number of hydrogen-bond acceptors (Lipinski definition) is 6. The summed E-state index contributed by atoms with van der Waals surface area (Å²) >= 11 is 1.48. The van der Waals surface area contributed by atoms with Gasteiger partial charge < -0.3 is 19.9 Å². The summed E-state index contributed by atoms with van der Waals surface area (Å²) in [5.41, 5.74) is 1.05. The lowest BCUT2D eigenvalue weighted by atomic mass is 9.79. The van der Waals surface area contributed by atoms with Crippen LogP contribution in [0.3, 0.4) is 0 Å². The molecule has 9 heteroatoms. The molecular formula is C28H30N2O6S. The van der Waals surface area contributed by atoms with Gasteiger partial charge in [-0.15, -0.1) is 11.8 Å². The molecule has 0 aromatic heterocycles. The molecule has 2 N–H and O–H groups in total. The Labute approximate surface area is 220 Å². The highest BCUT2D eigenvalue weighted by molar-refractivity contribution is 8.00. The fourth-order valence-electron chi connectivity index (χ4n) is 5.47. The van der Waals surface area contributed by atoms with E-state index in [2.05, 4.69) is 5.32 Å². The van der Waals surface area contributed by atoms with Crippen LogP contribution in [0.25, 0.3) is 0 Å². The minimum atomic E-state index is -1.26. The molecule has 37 heavy (non-hydrogen) atoms. The number of rotatable bonds is 8. The number of carbonyl (C=O) groups is 3. The third-order valence-electron chi connectivity index (χ3n) is 7.34. The molecule has 8 nitrogen and oxygen atoms in total. The molecule has 3 unspecified atom stereocenters. The van der Waals surface area contributed by atoms with Crippen LogP contribution in [0.4, 0.5) is 0 Å². The second kappa shape index (κ2) is 10.2. The molecule has 3 heterocycles. The van der Waals surface area contributed by atoms with Crippen molar-refractivity contribution in [3.63, 3.8) is 0 Å². The number of methoxy groups -OCH3 is 1. The van der Waals surface area contributed by atoms with Crippen molar-refractivity contribution in [3.8, 4) is 5.75 Å². The summed E-state index contributed by atoms with van der Waals surface area (Å²) in [6.45, 7) is 2.61. The number of amides is 2. The van der Waals surface area contributed by atoms with Crippen molar-refractivity contribution in [1.29, 1.82) is 0 Å². The minimum absolute atomic E-state index is 0.00448.